The van der Waals surface area contributed by atoms with Crippen LogP contribution in [0.1, 0.15) is 25.5 Å². The molecular weight excluding hydrogens is 348 g/mol. The van der Waals surface area contributed by atoms with Gasteiger partial charge in [-0.2, -0.15) is 15.8 Å². The maximum absolute atomic E-state index is 10.1. The Kier molecular flexibility index (Phi) is 4.03. The number of nitrogens with one attached hydrogen (secondary N) is 1. The summed E-state index contributed by atoms with van der Waals surface area (Å²) in [6, 6.07) is 11.0. The average molecular weight is 366 g/mol. The molecule has 3 fully saturated rings. The van der Waals surface area contributed by atoms with Gasteiger partial charge < -0.3 is 18.9 Å². The lowest BCUT2D eigenvalue weighted by Crippen LogP contribution is -2.71. The third-order valence-corrected chi connectivity index (χ3v) is 5.71. The lowest BCUT2D eigenvalue weighted by Gasteiger charge is -2.60. The summed E-state index contributed by atoms with van der Waals surface area (Å²) in [5.74, 6) is -1.96. The van der Waals surface area contributed by atoms with E-state index >= 15 is 0 Å². The Hall–Kier alpha value is -3.28. The highest BCUT2D eigenvalue weighted by molar-refractivity contribution is 5.89. The number of para-hydroxylation sites is 1. The second-order valence-corrected chi connectivity index (χ2v) is 6.70. The number of nitriles is 3. The van der Waals surface area contributed by atoms with Crippen molar-refractivity contribution >= 4 is 5.90 Å². The number of fused-ring (bicyclic) bond motifs is 3. The molecule has 3 aliphatic heterocycles. The van der Waals surface area contributed by atoms with E-state index < -0.39 is 34.5 Å². The van der Waals surface area contributed by atoms with Crippen molar-refractivity contribution in [2.24, 2.45) is 16.7 Å². The van der Waals surface area contributed by atoms with E-state index in [1.165, 1.54) is 14.2 Å². The van der Waals surface area contributed by atoms with Gasteiger partial charge in [0, 0.05) is 12.5 Å². The van der Waals surface area contributed by atoms with Crippen LogP contribution in [0, 0.1) is 56.2 Å². The molecule has 8 nitrogen and oxygen atoms in total. The first-order chi connectivity index (χ1) is 12.8. The fourth-order valence-corrected chi connectivity index (χ4v) is 4.07. The van der Waals surface area contributed by atoms with Gasteiger partial charge in [-0.1, -0.05) is 19.1 Å². The molecule has 3 saturated heterocycles. The third-order valence-electron chi connectivity index (χ3n) is 5.71. The summed E-state index contributed by atoms with van der Waals surface area (Å²) in [6.45, 7) is 3.18. The number of nitrogens with zero attached hydrogens (tertiary/aromatic N) is 3. The molecule has 27 heavy (non-hydrogen) atoms. The summed E-state index contributed by atoms with van der Waals surface area (Å²) in [5.41, 5.74) is -3.41. The fourth-order valence-electron chi connectivity index (χ4n) is 4.07. The maximum atomic E-state index is 10.1. The highest BCUT2D eigenvalue weighted by Gasteiger charge is 2.78. The topological polar surface area (TPSA) is 132 Å². The van der Waals surface area contributed by atoms with Crippen molar-refractivity contribution < 1.29 is 18.9 Å². The van der Waals surface area contributed by atoms with Crippen LogP contribution < -0.4 is 9.47 Å². The van der Waals surface area contributed by atoms with Crippen LogP contribution in [-0.4, -0.2) is 25.9 Å². The Labute approximate surface area is 156 Å². The highest BCUT2D eigenvalue weighted by Crippen LogP contribution is 2.67. The van der Waals surface area contributed by atoms with Crippen LogP contribution in [0.4, 0.5) is 0 Å². The summed E-state index contributed by atoms with van der Waals surface area (Å²) < 4.78 is 22.5. The molecule has 138 valence electrons. The van der Waals surface area contributed by atoms with Gasteiger partial charge in [0.25, 0.3) is 0 Å². The summed E-state index contributed by atoms with van der Waals surface area (Å²) in [4.78, 5) is 0. The predicted molar refractivity (Wildman–Crippen MR) is 91.5 cm³/mol. The van der Waals surface area contributed by atoms with E-state index in [9.17, 15) is 15.8 Å². The van der Waals surface area contributed by atoms with Gasteiger partial charge in [-0.15, -0.1) is 0 Å². The standard InChI is InChI=1S/C19H18N4O4/c1-11-17(2)26-15(12-6-5-7-13(24-3)14(12)25-4)19(10-22,16(23)27-17)18(11,8-20)9-21/h5-7,11,15,23H,1-4H3/t11-,15+,17+,19+/m1/s1. The van der Waals surface area contributed by atoms with Crippen molar-refractivity contribution in [3.05, 3.63) is 23.8 Å². The Morgan fingerprint density at radius 3 is 2.30 bits per heavy atom. The molecule has 0 amide bonds. The molecule has 4 atom stereocenters. The first-order valence-corrected chi connectivity index (χ1v) is 8.22. The third kappa shape index (κ3) is 1.95. The van der Waals surface area contributed by atoms with E-state index in [0.717, 1.165) is 0 Å². The largest absolute Gasteiger partial charge is 0.493 e. The smallest absolute Gasteiger partial charge is 0.215 e. The summed E-state index contributed by atoms with van der Waals surface area (Å²) in [6.07, 6.45) is -1.13. The quantitative estimate of drug-likeness (QED) is 0.869. The molecule has 0 aliphatic carbocycles. The van der Waals surface area contributed by atoms with Crippen molar-refractivity contribution in [3.63, 3.8) is 0 Å². The number of rotatable bonds is 3. The van der Waals surface area contributed by atoms with Crippen LogP contribution in [-0.2, 0) is 9.47 Å². The van der Waals surface area contributed by atoms with Crippen LogP contribution in [0.15, 0.2) is 18.2 Å². The summed E-state index contributed by atoms with van der Waals surface area (Å²) in [5, 5.41) is 38.5. The number of methoxy groups -OCH3 is 2. The molecule has 2 bridgehead atoms. The van der Waals surface area contributed by atoms with Crippen molar-refractivity contribution in [2.45, 2.75) is 25.7 Å². The fraction of sp³-hybridized carbons (Fsp3) is 0.474. The van der Waals surface area contributed by atoms with E-state index in [-0.39, 0.29) is 0 Å². The van der Waals surface area contributed by atoms with E-state index in [1.54, 1.807) is 32.0 Å². The van der Waals surface area contributed by atoms with Gasteiger partial charge in [-0.05, 0) is 6.07 Å². The SMILES string of the molecule is COc1cccc([C@@H]2O[C@@]3(C)OC(=N)[C@@]2(C#N)C(C#N)(C#N)[C@@H]3C)c1OC. The van der Waals surface area contributed by atoms with Gasteiger partial charge in [0.05, 0.1) is 38.3 Å². The van der Waals surface area contributed by atoms with Crippen LogP contribution >= 0.6 is 0 Å². The van der Waals surface area contributed by atoms with E-state index in [2.05, 4.69) is 0 Å². The predicted octanol–water partition coefficient (Wildman–Crippen LogP) is 2.68. The first-order valence-electron chi connectivity index (χ1n) is 8.22. The molecule has 3 aliphatic rings. The van der Waals surface area contributed by atoms with Gasteiger partial charge in [0.15, 0.2) is 22.3 Å². The minimum atomic E-state index is -1.96. The van der Waals surface area contributed by atoms with Crippen molar-refractivity contribution in [1.82, 2.24) is 0 Å². The molecule has 1 N–H and O–H groups in total. The Bertz CT molecular complexity index is 926. The first kappa shape index (κ1) is 18.5. The van der Waals surface area contributed by atoms with Crippen molar-refractivity contribution in [1.29, 1.82) is 21.2 Å². The zero-order valence-corrected chi connectivity index (χ0v) is 15.4. The Morgan fingerprint density at radius 2 is 1.78 bits per heavy atom. The molecule has 4 rings (SSSR count). The number of ether oxygens (including phenoxy) is 4. The van der Waals surface area contributed by atoms with Gasteiger partial charge in [0.2, 0.25) is 11.7 Å². The second kappa shape index (κ2) is 5.87. The molecular formula is C19H18N4O4. The molecule has 3 heterocycles. The monoisotopic (exact) mass is 366 g/mol. The molecule has 0 spiro atoms. The highest BCUT2D eigenvalue weighted by atomic mass is 16.7. The normalized spacial score (nSPS) is 33.1. The van der Waals surface area contributed by atoms with Crippen LogP contribution in [0.5, 0.6) is 11.5 Å². The summed E-state index contributed by atoms with van der Waals surface area (Å²) in [7, 11) is 2.91. The Balaban J connectivity index is 2.38. The summed E-state index contributed by atoms with van der Waals surface area (Å²) >= 11 is 0. The van der Waals surface area contributed by atoms with E-state index in [4.69, 9.17) is 24.4 Å². The zero-order chi connectivity index (χ0) is 20.0. The second-order valence-electron chi connectivity index (χ2n) is 6.70. The molecule has 1 aromatic carbocycles. The van der Waals surface area contributed by atoms with Crippen molar-refractivity contribution in [3.8, 4) is 29.7 Å². The molecule has 0 unspecified atom stereocenters. The Morgan fingerprint density at radius 1 is 1.11 bits per heavy atom. The minimum absolute atomic E-state index is 0.306. The van der Waals surface area contributed by atoms with Crippen LogP contribution in [0.25, 0.3) is 0 Å². The molecule has 1 aromatic rings. The lowest BCUT2D eigenvalue weighted by molar-refractivity contribution is -0.338. The number of benzene rings is 1. The number of hydrogen-bond donors (Lipinski definition) is 1. The van der Waals surface area contributed by atoms with E-state index in [0.29, 0.717) is 17.1 Å². The molecule has 0 aromatic heterocycles. The zero-order valence-electron chi connectivity index (χ0n) is 15.4. The van der Waals surface area contributed by atoms with Gasteiger partial charge in [-0.3, -0.25) is 5.41 Å². The minimum Gasteiger partial charge on any atom is -0.493 e. The van der Waals surface area contributed by atoms with Crippen LogP contribution in [0.3, 0.4) is 0 Å². The maximum Gasteiger partial charge on any atom is 0.215 e. The molecule has 8 heteroatoms. The average Bonchev–Trinajstić information content (AvgIpc) is 2.68. The lowest BCUT2D eigenvalue weighted by atomic mass is 9.51. The van der Waals surface area contributed by atoms with Gasteiger partial charge in [0.1, 0.15) is 6.10 Å². The number of hydrogen-bond acceptors (Lipinski definition) is 8. The molecule has 0 radical (unpaired) electrons. The molecule has 0 saturated carbocycles. The van der Waals surface area contributed by atoms with E-state index in [1.807, 2.05) is 18.2 Å². The van der Waals surface area contributed by atoms with Gasteiger partial charge in [-0.25, -0.2) is 0 Å². The van der Waals surface area contributed by atoms with Crippen LogP contribution in [0.2, 0.25) is 0 Å². The van der Waals surface area contributed by atoms with Gasteiger partial charge >= 0.3 is 0 Å². The van der Waals surface area contributed by atoms with Crippen molar-refractivity contribution in [2.75, 3.05) is 14.2 Å².